The van der Waals surface area contributed by atoms with Crippen LogP contribution in [0.4, 0.5) is 18.0 Å². The number of Topliss-reactive ketones (excluding diaryl/α,β-unsaturated/α-hetero) is 1. The molecule has 0 radical (unpaired) electrons. The van der Waals surface area contributed by atoms with Crippen molar-refractivity contribution in [3.8, 4) is 0 Å². The lowest BCUT2D eigenvalue weighted by Gasteiger charge is -1.98. The Balaban J connectivity index is 2.47. The van der Waals surface area contributed by atoms with Gasteiger partial charge in [0.25, 0.3) is 0 Å². The van der Waals surface area contributed by atoms with Crippen molar-refractivity contribution in [2.24, 2.45) is 5.73 Å². The normalized spacial score (nSPS) is 11.3. The number of halogens is 3. The highest BCUT2D eigenvalue weighted by Gasteiger charge is 2.39. The fourth-order valence-electron chi connectivity index (χ4n) is 0.969. The number of hydrogen-bond donors (Lipinski definition) is 1. The van der Waals surface area contributed by atoms with Crippen LogP contribution in [0.1, 0.15) is 29.4 Å². The van der Waals surface area contributed by atoms with E-state index in [0.717, 1.165) is 0 Å². The molecule has 1 aromatic rings. The molecule has 0 aromatic carbocycles. The van der Waals surface area contributed by atoms with Crippen LogP contribution in [-0.4, -0.2) is 28.6 Å². The minimum atomic E-state index is -4.79. The van der Waals surface area contributed by atoms with E-state index in [4.69, 9.17) is 0 Å². The summed E-state index contributed by atoms with van der Waals surface area (Å²) in [6, 6.07) is 0. The predicted octanol–water partition coefficient (Wildman–Crippen LogP) is 1.15. The second-order valence-corrected chi connectivity index (χ2v) is 3.12. The van der Waals surface area contributed by atoms with E-state index in [-0.39, 0.29) is 19.4 Å². The molecular formula is C8H8F3N3O4. The van der Waals surface area contributed by atoms with Gasteiger partial charge in [0.05, 0.1) is 6.61 Å². The lowest BCUT2D eigenvalue weighted by atomic mass is 10.2. The fourth-order valence-corrected chi connectivity index (χ4v) is 0.969. The van der Waals surface area contributed by atoms with Crippen molar-refractivity contribution in [3.05, 3.63) is 11.7 Å². The van der Waals surface area contributed by atoms with Gasteiger partial charge in [0.2, 0.25) is 11.6 Å². The zero-order valence-electron chi connectivity index (χ0n) is 8.86. The fraction of sp³-hybridized carbons (Fsp3) is 0.500. The molecule has 0 aliphatic rings. The van der Waals surface area contributed by atoms with Crippen LogP contribution in [0.5, 0.6) is 0 Å². The molecule has 0 fully saturated rings. The van der Waals surface area contributed by atoms with E-state index in [1.165, 1.54) is 0 Å². The van der Waals surface area contributed by atoms with E-state index in [9.17, 15) is 22.8 Å². The quantitative estimate of drug-likeness (QED) is 0.633. The molecule has 0 atom stereocenters. The van der Waals surface area contributed by atoms with Crippen molar-refractivity contribution in [3.63, 3.8) is 0 Å². The first-order chi connectivity index (χ1) is 8.30. The summed E-state index contributed by atoms with van der Waals surface area (Å²) in [6.07, 6.45) is -5.89. The molecule has 0 spiro atoms. The van der Waals surface area contributed by atoms with Crippen LogP contribution in [0.2, 0.25) is 0 Å². The largest absolute Gasteiger partial charge is 0.471 e. The van der Waals surface area contributed by atoms with E-state index in [1.807, 2.05) is 0 Å². The first kappa shape index (κ1) is 13.9. The van der Waals surface area contributed by atoms with E-state index in [2.05, 4.69) is 25.1 Å². The summed E-state index contributed by atoms with van der Waals surface area (Å²) in [5.74, 6) is -3.00. The standard InChI is InChI=1S/C8H8F3N3O4/c9-8(10,11)6-13-5(14-18-6)4(15)2-1-3-17-7(12)16/h1-3H2,(H2,12,16). The summed E-state index contributed by atoms with van der Waals surface area (Å²) in [5, 5.41) is 2.91. The average molecular weight is 267 g/mol. The number of primary amides is 1. The molecule has 7 nitrogen and oxygen atoms in total. The molecule has 1 heterocycles. The van der Waals surface area contributed by atoms with Crippen LogP contribution >= 0.6 is 0 Å². The number of nitrogens with zero attached hydrogens (tertiary/aromatic N) is 2. The van der Waals surface area contributed by atoms with E-state index >= 15 is 0 Å². The van der Waals surface area contributed by atoms with Gasteiger partial charge >= 0.3 is 18.2 Å². The molecule has 0 aliphatic heterocycles. The summed E-state index contributed by atoms with van der Waals surface area (Å²) in [6.45, 7) is -0.120. The monoisotopic (exact) mass is 267 g/mol. The van der Waals surface area contributed by atoms with E-state index in [0.29, 0.717) is 0 Å². The van der Waals surface area contributed by atoms with Gasteiger partial charge in [-0.25, -0.2) is 4.79 Å². The molecule has 10 heteroatoms. The molecule has 2 N–H and O–H groups in total. The number of ketones is 1. The Hall–Kier alpha value is -2.13. The average Bonchev–Trinajstić information content (AvgIpc) is 2.72. The maximum absolute atomic E-state index is 12.1. The Kier molecular flexibility index (Phi) is 4.23. The maximum atomic E-state index is 12.1. The number of hydrogen-bond acceptors (Lipinski definition) is 6. The lowest BCUT2D eigenvalue weighted by Crippen LogP contribution is -2.14. The van der Waals surface area contributed by atoms with Crippen LogP contribution in [0.15, 0.2) is 4.52 Å². The van der Waals surface area contributed by atoms with Crippen molar-refractivity contribution in [2.45, 2.75) is 19.0 Å². The summed E-state index contributed by atoms with van der Waals surface area (Å²) in [5.41, 5.74) is 4.66. The maximum Gasteiger partial charge on any atom is 0.471 e. The predicted molar refractivity (Wildman–Crippen MR) is 48.4 cm³/mol. The van der Waals surface area contributed by atoms with Gasteiger partial charge in [-0.3, -0.25) is 4.79 Å². The Labute approximate surface area is 98.1 Å². The van der Waals surface area contributed by atoms with Crippen molar-refractivity contribution in [1.29, 1.82) is 0 Å². The van der Waals surface area contributed by atoms with E-state index < -0.39 is 29.8 Å². The number of amides is 1. The highest BCUT2D eigenvalue weighted by molar-refractivity contribution is 5.92. The number of carbonyl (C=O) groups excluding carboxylic acids is 2. The third-order valence-corrected chi connectivity index (χ3v) is 1.71. The summed E-state index contributed by atoms with van der Waals surface area (Å²) < 4.78 is 44.5. The SMILES string of the molecule is NC(=O)OCCCC(=O)c1noc(C(F)(F)F)n1. The number of rotatable bonds is 5. The van der Waals surface area contributed by atoms with Crippen LogP contribution in [-0.2, 0) is 10.9 Å². The molecule has 0 saturated carbocycles. The lowest BCUT2D eigenvalue weighted by molar-refractivity contribution is -0.159. The molecular weight excluding hydrogens is 259 g/mol. The molecule has 0 bridgehead atoms. The van der Waals surface area contributed by atoms with Crippen LogP contribution < -0.4 is 5.73 Å². The van der Waals surface area contributed by atoms with Crippen molar-refractivity contribution >= 4 is 11.9 Å². The van der Waals surface area contributed by atoms with Crippen LogP contribution in [0.3, 0.4) is 0 Å². The van der Waals surface area contributed by atoms with E-state index in [1.54, 1.807) is 0 Å². The second kappa shape index (κ2) is 5.47. The smallest absolute Gasteiger partial charge is 0.450 e. The van der Waals surface area contributed by atoms with Gasteiger partial charge in [-0.15, -0.1) is 0 Å². The molecule has 18 heavy (non-hydrogen) atoms. The Morgan fingerprint density at radius 2 is 2.06 bits per heavy atom. The molecule has 1 aromatic heterocycles. The van der Waals surface area contributed by atoms with Crippen LogP contribution in [0, 0.1) is 0 Å². The third kappa shape index (κ3) is 4.03. The van der Waals surface area contributed by atoms with Crippen LogP contribution in [0.25, 0.3) is 0 Å². The number of aromatic nitrogens is 2. The number of alkyl halides is 3. The Bertz CT molecular complexity index is 443. The number of ether oxygens (including phenoxy) is 1. The molecule has 0 unspecified atom stereocenters. The molecule has 1 amide bonds. The van der Waals surface area contributed by atoms with Gasteiger partial charge in [-0.1, -0.05) is 5.16 Å². The van der Waals surface area contributed by atoms with Crippen molar-refractivity contribution < 1.29 is 32.0 Å². The van der Waals surface area contributed by atoms with Gasteiger partial charge in [0.1, 0.15) is 0 Å². The highest BCUT2D eigenvalue weighted by atomic mass is 19.4. The molecule has 100 valence electrons. The van der Waals surface area contributed by atoms with Crippen molar-refractivity contribution in [2.75, 3.05) is 6.61 Å². The summed E-state index contributed by atoms with van der Waals surface area (Å²) in [7, 11) is 0. The topological polar surface area (TPSA) is 108 Å². The number of carbonyl (C=O) groups is 2. The minimum absolute atomic E-state index is 0.0949. The van der Waals surface area contributed by atoms with Gasteiger partial charge in [0.15, 0.2) is 0 Å². The first-order valence-corrected chi connectivity index (χ1v) is 4.67. The summed E-state index contributed by atoms with van der Waals surface area (Å²) >= 11 is 0. The van der Waals surface area contributed by atoms with Gasteiger partial charge in [0, 0.05) is 6.42 Å². The Morgan fingerprint density at radius 3 is 2.56 bits per heavy atom. The van der Waals surface area contributed by atoms with Gasteiger partial charge in [-0.2, -0.15) is 18.2 Å². The first-order valence-electron chi connectivity index (χ1n) is 4.67. The molecule has 1 rings (SSSR count). The summed E-state index contributed by atoms with van der Waals surface area (Å²) in [4.78, 5) is 24.4. The molecule has 0 saturated heterocycles. The highest BCUT2D eigenvalue weighted by Crippen LogP contribution is 2.27. The zero-order chi connectivity index (χ0) is 13.8. The van der Waals surface area contributed by atoms with Crippen molar-refractivity contribution in [1.82, 2.24) is 10.1 Å². The molecule has 0 aliphatic carbocycles. The van der Waals surface area contributed by atoms with Gasteiger partial charge < -0.3 is 15.0 Å². The second-order valence-electron chi connectivity index (χ2n) is 3.12. The third-order valence-electron chi connectivity index (χ3n) is 1.71. The zero-order valence-corrected chi connectivity index (χ0v) is 8.86. The van der Waals surface area contributed by atoms with Gasteiger partial charge in [-0.05, 0) is 6.42 Å². The number of nitrogens with two attached hydrogens (primary N) is 1. The Morgan fingerprint density at radius 1 is 1.39 bits per heavy atom. The minimum Gasteiger partial charge on any atom is -0.450 e.